The smallest absolute Gasteiger partial charge is 0.195 e. The Hall–Kier alpha value is -1.51. The average molecular weight is 221 g/mol. The summed E-state index contributed by atoms with van der Waals surface area (Å²) >= 11 is 0. The van der Waals surface area contributed by atoms with Crippen LogP contribution in [0.15, 0.2) is 29.3 Å². The molecule has 0 saturated carbocycles. The van der Waals surface area contributed by atoms with Crippen molar-refractivity contribution in [2.24, 2.45) is 4.99 Å². The van der Waals surface area contributed by atoms with Crippen molar-refractivity contribution in [1.82, 2.24) is 5.32 Å². The highest BCUT2D eigenvalue weighted by molar-refractivity contribution is 5.95. The summed E-state index contributed by atoms with van der Waals surface area (Å²) in [6, 6.07) is 8.21. The molecule has 0 spiro atoms. The number of benzene rings is 1. The monoisotopic (exact) mass is 221 g/mol. The summed E-state index contributed by atoms with van der Waals surface area (Å²) in [5.74, 6) is 0.841. The number of rotatable bonds is 0. The number of aliphatic imine (C=N–C) groups is 1. The minimum Gasteiger partial charge on any atom is -0.352 e. The third-order valence-corrected chi connectivity index (χ3v) is 1.94. The highest BCUT2D eigenvalue weighted by Gasteiger charge is 2.09. The van der Waals surface area contributed by atoms with Crippen molar-refractivity contribution in [2.45, 2.75) is 34.2 Å². The van der Waals surface area contributed by atoms with Crippen LogP contribution in [0.4, 0.5) is 5.69 Å². The van der Waals surface area contributed by atoms with Gasteiger partial charge in [0.15, 0.2) is 5.96 Å². The van der Waals surface area contributed by atoms with Crippen molar-refractivity contribution in [3.63, 3.8) is 0 Å². The van der Waals surface area contributed by atoms with Gasteiger partial charge in [0, 0.05) is 19.3 Å². The Morgan fingerprint density at radius 1 is 1.06 bits per heavy atom. The number of nitrogens with zero attached hydrogens (tertiary/aromatic N) is 1. The van der Waals surface area contributed by atoms with E-state index in [4.69, 9.17) is 0 Å². The molecule has 2 N–H and O–H groups in total. The quantitative estimate of drug-likeness (QED) is 0.705. The molecular formula is C13H23N3. The van der Waals surface area contributed by atoms with Crippen molar-refractivity contribution >= 4 is 11.6 Å². The first-order chi connectivity index (χ1) is 7.90. The predicted molar refractivity (Wildman–Crippen MR) is 73.0 cm³/mol. The van der Waals surface area contributed by atoms with Crippen molar-refractivity contribution in [2.75, 3.05) is 12.4 Å². The molecule has 1 aliphatic heterocycles. The van der Waals surface area contributed by atoms with Gasteiger partial charge in [-0.25, -0.2) is 0 Å². The van der Waals surface area contributed by atoms with Gasteiger partial charge in [-0.1, -0.05) is 45.9 Å². The Kier molecular flexibility index (Phi) is 7.94. The molecule has 1 aromatic rings. The van der Waals surface area contributed by atoms with Gasteiger partial charge in [0.2, 0.25) is 0 Å². The molecule has 3 heteroatoms. The molecule has 0 atom stereocenters. The minimum atomic E-state index is 0.841. The van der Waals surface area contributed by atoms with Gasteiger partial charge < -0.3 is 10.6 Å². The van der Waals surface area contributed by atoms with Crippen LogP contribution in [-0.4, -0.2) is 13.0 Å². The molecule has 0 saturated heterocycles. The molecule has 0 fully saturated rings. The van der Waals surface area contributed by atoms with E-state index in [1.54, 1.807) is 7.05 Å². The third-order valence-electron chi connectivity index (χ3n) is 1.94. The van der Waals surface area contributed by atoms with Crippen LogP contribution in [0.2, 0.25) is 0 Å². The van der Waals surface area contributed by atoms with Crippen LogP contribution in [0.3, 0.4) is 0 Å². The molecule has 3 nitrogen and oxygen atoms in total. The second kappa shape index (κ2) is 8.77. The van der Waals surface area contributed by atoms with Crippen molar-refractivity contribution in [3.05, 3.63) is 29.8 Å². The van der Waals surface area contributed by atoms with E-state index in [2.05, 4.69) is 27.8 Å². The summed E-state index contributed by atoms with van der Waals surface area (Å²) in [5.41, 5.74) is 2.43. The maximum Gasteiger partial charge on any atom is 0.195 e. The highest BCUT2D eigenvalue weighted by atomic mass is 15.2. The lowest BCUT2D eigenvalue weighted by Crippen LogP contribution is -2.34. The van der Waals surface area contributed by atoms with E-state index >= 15 is 0 Å². The lowest BCUT2D eigenvalue weighted by Gasteiger charge is -2.20. The first kappa shape index (κ1) is 14.5. The Balaban J connectivity index is 0.000000509. The van der Waals surface area contributed by atoms with Crippen LogP contribution in [0.25, 0.3) is 0 Å². The molecule has 0 unspecified atom stereocenters. The Morgan fingerprint density at radius 2 is 1.69 bits per heavy atom. The molecule has 90 valence electrons. The van der Waals surface area contributed by atoms with Crippen LogP contribution in [0, 0.1) is 0 Å². The van der Waals surface area contributed by atoms with Crippen molar-refractivity contribution in [1.29, 1.82) is 0 Å². The summed E-state index contributed by atoms with van der Waals surface area (Å²) in [6.45, 7) is 8.86. The van der Waals surface area contributed by atoms with E-state index in [-0.39, 0.29) is 0 Å². The van der Waals surface area contributed by atoms with E-state index in [1.165, 1.54) is 5.56 Å². The fraction of sp³-hybridized carbons (Fsp3) is 0.462. The molecule has 1 aliphatic rings. The molecule has 0 bridgehead atoms. The molecule has 1 heterocycles. The van der Waals surface area contributed by atoms with E-state index in [9.17, 15) is 0 Å². The van der Waals surface area contributed by atoms with E-state index in [1.807, 2.05) is 39.8 Å². The number of nitrogens with one attached hydrogen (secondary N) is 2. The van der Waals surface area contributed by atoms with Crippen LogP contribution in [-0.2, 0) is 6.54 Å². The Bertz CT molecular complexity index is 319. The fourth-order valence-electron chi connectivity index (χ4n) is 1.28. The zero-order valence-electron chi connectivity index (χ0n) is 11.0. The van der Waals surface area contributed by atoms with Crippen LogP contribution >= 0.6 is 0 Å². The molecule has 0 amide bonds. The van der Waals surface area contributed by atoms with Crippen LogP contribution < -0.4 is 10.6 Å². The summed E-state index contributed by atoms with van der Waals surface area (Å²) in [6.07, 6.45) is 0. The normalized spacial score (nSPS) is 14.2. The van der Waals surface area contributed by atoms with Gasteiger partial charge in [-0.15, -0.1) is 0 Å². The van der Waals surface area contributed by atoms with E-state index in [0.29, 0.717) is 0 Å². The first-order valence-electron chi connectivity index (χ1n) is 5.96. The highest BCUT2D eigenvalue weighted by Crippen LogP contribution is 2.17. The summed E-state index contributed by atoms with van der Waals surface area (Å²) in [5, 5.41) is 6.35. The molecular weight excluding hydrogens is 198 g/mol. The molecule has 0 aromatic heterocycles. The maximum absolute atomic E-state index is 4.04. The molecule has 1 aromatic carbocycles. The van der Waals surface area contributed by atoms with E-state index < -0.39 is 0 Å². The Labute approximate surface area is 99.0 Å². The molecule has 2 rings (SSSR count). The zero-order valence-corrected chi connectivity index (χ0v) is 11.0. The van der Waals surface area contributed by atoms with Gasteiger partial charge in [0.1, 0.15) is 0 Å². The second-order valence-electron chi connectivity index (χ2n) is 2.71. The van der Waals surface area contributed by atoms with Crippen molar-refractivity contribution in [3.8, 4) is 0 Å². The topological polar surface area (TPSA) is 36.4 Å². The van der Waals surface area contributed by atoms with Gasteiger partial charge in [-0.05, 0) is 11.6 Å². The number of hydrogen-bond acceptors (Lipinski definition) is 1. The van der Waals surface area contributed by atoms with E-state index in [0.717, 1.165) is 18.2 Å². The summed E-state index contributed by atoms with van der Waals surface area (Å²) < 4.78 is 0. The largest absolute Gasteiger partial charge is 0.352 e. The van der Waals surface area contributed by atoms with Gasteiger partial charge in [0.25, 0.3) is 0 Å². The van der Waals surface area contributed by atoms with Gasteiger partial charge >= 0.3 is 0 Å². The number of guanidine groups is 1. The van der Waals surface area contributed by atoms with Crippen LogP contribution in [0.1, 0.15) is 33.3 Å². The summed E-state index contributed by atoms with van der Waals surface area (Å²) in [7, 11) is 1.77. The average Bonchev–Trinajstić information content (AvgIpc) is 2.42. The van der Waals surface area contributed by atoms with Gasteiger partial charge in [-0.3, -0.25) is 4.99 Å². The lowest BCUT2D eigenvalue weighted by molar-refractivity contribution is 0.889. The van der Waals surface area contributed by atoms with Gasteiger partial charge in [0.05, 0.1) is 0 Å². The first-order valence-corrected chi connectivity index (χ1v) is 5.96. The third kappa shape index (κ3) is 3.93. The number of hydrogen-bond donors (Lipinski definition) is 2. The minimum absolute atomic E-state index is 0.841. The number of fused-ring (bicyclic) bond motifs is 1. The SMILES string of the molecule is CC.CC.CN=C1NCc2ccccc2N1. The van der Waals surface area contributed by atoms with Crippen molar-refractivity contribution < 1.29 is 0 Å². The van der Waals surface area contributed by atoms with Crippen LogP contribution in [0.5, 0.6) is 0 Å². The molecule has 0 aliphatic carbocycles. The summed E-state index contributed by atoms with van der Waals surface area (Å²) in [4.78, 5) is 4.04. The second-order valence-corrected chi connectivity index (χ2v) is 2.71. The molecule has 16 heavy (non-hydrogen) atoms. The number of para-hydroxylation sites is 1. The van der Waals surface area contributed by atoms with Gasteiger partial charge in [-0.2, -0.15) is 0 Å². The maximum atomic E-state index is 4.04. The molecule has 0 radical (unpaired) electrons. The predicted octanol–water partition coefficient (Wildman–Crippen LogP) is 3.24. The lowest BCUT2D eigenvalue weighted by atomic mass is 10.1. The number of anilines is 1. The standard InChI is InChI=1S/C9H11N3.2C2H6/c1-10-9-11-6-7-4-2-3-5-8(7)12-9;2*1-2/h2-5H,6H2,1H3,(H2,10,11,12);2*1-2H3. The fourth-order valence-corrected chi connectivity index (χ4v) is 1.28. The Morgan fingerprint density at radius 3 is 2.31 bits per heavy atom. The zero-order chi connectivity index (χ0) is 12.4.